The first-order valence-corrected chi connectivity index (χ1v) is 8.97. The molecule has 0 bridgehead atoms. The molecule has 9 heteroatoms. The molecule has 1 aliphatic rings. The number of thiophene rings is 1. The van der Waals surface area contributed by atoms with Gasteiger partial charge in [-0.3, -0.25) is 0 Å². The van der Waals surface area contributed by atoms with E-state index in [4.69, 9.17) is 0 Å². The number of hydrogen-bond acceptors (Lipinski definition) is 6. The highest BCUT2D eigenvalue weighted by molar-refractivity contribution is 7.91. The Labute approximate surface area is 127 Å². The highest BCUT2D eigenvalue weighted by Gasteiger charge is 2.30. The Bertz CT molecular complexity index is 722. The summed E-state index contributed by atoms with van der Waals surface area (Å²) >= 11 is 1.34. The van der Waals surface area contributed by atoms with Crippen LogP contribution in [0.3, 0.4) is 0 Å². The zero-order valence-corrected chi connectivity index (χ0v) is 13.3. The summed E-state index contributed by atoms with van der Waals surface area (Å²) in [5.41, 5.74) is 0. The van der Waals surface area contributed by atoms with E-state index in [-0.39, 0.29) is 6.54 Å². The van der Waals surface area contributed by atoms with Crippen LogP contribution in [0.1, 0.15) is 10.7 Å². The predicted molar refractivity (Wildman–Crippen MR) is 79.6 cm³/mol. The molecule has 7 nitrogen and oxygen atoms in total. The van der Waals surface area contributed by atoms with Crippen molar-refractivity contribution in [2.75, 3.05) is 20.1 Å². The van der Waals surface area contributed by atoms with Gasteiger partial charge in [0.2, 0.25) is 0 Å². The molecule has 0 spiro atoms. The number of hydrogen-bond donors (Lipinski definition) is 1. The van der Waals surface area contributed by atoms with Gasteiger partial charge in [-0.2, -0.15) is 4.31 Å². The summed E-state index contributed by atoms with van der Waals surface area (Å²) < 4.78 is 29.1. The number of aromatic nitrogens is 3. The smallest absolute Gasteiger partial charge is 0.253 e. The van der Waals surface area contributed by atoms with Gasteiger partial charge in [0.05, 0.1) is 6.54 Å². The number of likely N-dealkylation sites (N-methyl/N-ethyl adjacent to an activating group) is 1. The third kappa shape index (κ3) is 2.86. The van der Waals surface area contributed by atoms with Gasteiger partial charge in [-0.05, 0) is 32.1 Å². The van der Waals surface area contributed by atoms with Crippen molar-refractivity contribution in [2.24, 2.45) is 0 Å². The molecule has 3 heterocycles. The van der Waals surface area contributed by atoms with Crippen molar-refractivity contribution in [2.45, 2.75) is 23.7 Å². The van der Waals surface area contributed by atoms with Gasteiger partial charge in [-0.1, -0.05) is 0 Å². The van der Waals surface area contributed by atoms with E-state index in [1.807, 2.05) is 17.7 Å². The molecule has 2 aromatic heterocycles. The van der Waals surface area contributed by atoms with Crippen molar-refractivity contribution in [1.29, 1.82) is 0 Å². The highest BCUT2D eigenvalue weighted by atomic mass is 32.2. The first kappa shape index (κ1) is 14.6. The van der Waals surface area contributed by atoms with E-state index in [0.717, 1.165) is 17.8 Å². The lowest BCUT2D eigenvalue weighted by Crippen LogP contribution is -2.37. The second-order valence-corrected chi connectivity index (χ2v) is 8.19. The number of fused-ring (bicyclic) bond motifs is 1. The van der Waals surface area contributed by atoms with Gasteiger partial charge < -0.3 is 9.88 Å². The molecule has 0 unspecified atom stereocenters. The molecule has 1 N–H and O–H groups in total. The van der Waals surface area contributed by atoms with Gasteiger partial charge in [-0.15, -0.1) is 21.5 Å². The van der Waals surface area contributed by atoms with Crippen LogP contribution in [-0.2, 0) is 29.5 Å². The Balaban J connectivity index is 1.79. The van der Waals surface area contributed by atoms with Gasteiger partial charge in [0.15, 0.2) is 0 Å². The van der Waals surface area contributed by atoms with Crippen LogP contribution in [-0.4, -0.2) is 47.6 Å². The molecular formula is C12H17N5O2S2. The Morgan fingerprint density at radius 2 is 2.24 bits per heavy atom. The van der Waals surface area contributed by atoms with E-state index < -0.39 is 10.0 Å². The normalized spacial score (nSPS) is 16.0. The molecule has 0 atom stereocenters. The van der Waals surface area contributed by atoms with E-state index in [1.54, 1.807) is 12.4 Å². The zero-order valence-electron chi connectivity index (χ0n) is 11.7. The van der Waals surface area contributed by atoms with Gasteiger partial charge in [0.25, 0.3) is 10.0 Å². The predicted octanol–water partition coefficient (Wildman–Crippen LogP) is 0.306. The molecule has 0 aliphatic carbocycles. The second kappa shape index (κ2) is 5.84. The first-order valence-electron chi connectivity index (χ1n) is 6.71. The van der Waals surface area contributed by atoms with Crippen molar-refractivity contribution in [3.63, 3.8) is 0 Å². The van der Waals surface area contributed by atoms with Gasteiger partial charge in [0, 0.05) is 18.0 Å². The molecule has 0 radical (unpaired) electrons. The summed E-state index contributed by atoms with van der Waals surface area (Å²) in [6.45, 7) is 2.18. The van der Waals surface area contributed by atoms with Crippen molar-refractivity contribution in [3.8, 4) is 0 Å². The Hall–Kier alpha value is -1.29. The summed E-state index contributed by atoms with van der Waals surface area (Å²) in [6, 6.07) is 3.59. The third-order valence-electron chi connectivity index (χ3n) is 3.46. The van der Waals surface area contributed by atoms with E-state index in [1.165, 1.54) is 15.6 Å². The summed E-state index contributed by atoms with van der Waals surface area (Å²) in [7, 11) is -1.55. The maximum absolute atomic E-state index is 12.7. The molecule has 2 aromatic rings. The Kier molecular flexibility index (Phi) is 4.07. The fourth-order valence-electron chi connectivity index (χ4n) is 2.26. The van der Waals surface area contributed by atoms with Crippen LogP contribution in [0.15, 0.2) is 22.7 Å². The lowest BCUT2D eigenvalue weighted by molar-refractivity contribution is 0.336. The minimum atomic E-state index is -3.44. The molecule has 3 rings (SSSR count). The van der Waals surface area contributed by atoms with E-state index >= 15 is 0 Å². The summed E-state index contributed by atoms with van der Waals surface area (Å²) in [6.07, 6.45) is 2.48. The van der Waals surface area contributed by atoms with Crippen molar-refractivity contribution >= 4 is 21.4 Å². The molecule has 0 fully saturated rings. The fourth-order valence-corrected chi connectivity index (χ4v) is 5.15. The van der Waals surface area contributed by atoms with Crippen LogP contribution in [0.2, 0.25) is 0 Å². The molecule has 0 aromatic carbocycles. The molecule has 21 heavy (non-hydrogen) atoms. The fraction of sp³-hybridized carbons (Fsp3) is 0.500. The quantitative estimate of drug-likeness (QED) is 0.855. The van der Waals surface area contributed by atoms with E-state index in [2.05, 4.69) is 15.5 Å². The van der Waals surface area contributed by atoms with Gasteiger partial charge in [0.1, 0.15) is 16.4 Å². The van der Waals surface area contributed by atoms with Gasteiger partial charge >= 0.3 is 0 Å². The minimum absolute atomic E-state index is 0.284. The van der Waals surface area contributed by atoms with Crippen LogP contribution in [0, 0.1) is 0 Å². The van der Waals surface area contributed by atoms with Crippen molar-refractivity contribution < 1.29 is 8.42 Å². The number of sulfonamides is 1. The van der Waals surface area contributed by atoms with E-state index in [9.17, 15) is 8.42 Å². The first-order chi connectivity index (χ1) is 10.1. The van der Waals surface area contributed by atoms with E-state index in [0.29, 0.717) is 23.1 Å². The molecular weight excluding hydrogens is 310 g/mol. The van der Waals surface area contributed by atoms with Crippen LogP contribution in [0.25, 0.3) is 0 Å². The van der Waals surface area contributed by atoms with Crippen LogP contribution in [0.4, 0.5) is 0 Å². The van der Waals surface area contributed by atoms with Crippen LogP contribution in [0.5, 0.6) is 0 Å². The van der Waals surface area contributed by atoms with Crippen molar-refractivity contribution in [1.82, 2.24) is 24.4 Å². The zero-order chi connectivity index (χ0) is 14.9. The number of nitrogens with one attached hydrogen (secondary N) is 1. The monoisotopic (exact) mass is 327 g/mol. The molecule has 114 valence electrons. The topological polar surface area (TPSA) is 80.1 Å². The number of rotatable bonds is 5. The van der Waals surface area contributed by atoms with Gasteiger partial charge in [-0.25, -0.2) is 8.42 Å². The number of nitrogens with zero attached hydrogens (tertiary/aromatic N) is 4. The third-order valence-corrected chi connectivity index (χ3v) is 6.91. The molecule has 0 saturated carbocycles. The Morgan fingerprint density at radius 3 is 3.05 bits per heavy atom. The maximum atomic E-state index is 12.7. The minimum Gasteiger partial charge on any atom is -0.319 e. The highest BCUT2D eigenvalue weighted by Crippen LogP contribution is 2.27. The largest absolute Gasteiger partial charge is 0.319 e. The average molecular weight is 327 g/mol. The van der Waals surface area contributed by atoms with Crippen LogP contribution >= 0.6 is 11.3 Å². The maximum Gasteiger partial charge on any atom is 0.253 e. The SMILES string of the molecule is CNCCc1ccc(S(=O)(=O)N2CCn3cnnc3C2)s1. The summed E-state index contributed by atoms with van der Waals surface area (Å²) in [5.74, 6) is 0.691. The molecule has 1 aliphatic heterocycles. The lowest BCUT2D eigenvalue weighted by Gasteiger charge is -2.25. The summed E-state index contributed by atoms with van der Waals surface area (Å²) in [4.78, 5) is 1.07. The summed E-state index contributed by atoms with van der Waals surface area (Å²) in [5, 5.41) is 10.8. The second-order valence-electron chi connectivity index (χ2n) is 4.85. The molecule has 0 saturated heterocycles. The van der Waals surface area contributed by atoms with Crippen LogP contribution < -0.4 is 5.32 Å². The lowest BCUT2D eigenvalue weighted by atomic mass is 10.3. The van der Waals surface area contributed by atoms with Crippen molar-refractivity contribution in [3.05, 3.63) is 29.2 Å². The average Bonchev–Trinajstić information content (AvgIpc) is 3.13. The Morgan fingerprint density at radius 1 is 1.38 bits per heavy atom. The molecule has 0 amide bonds. The standard InChI is InChI=1S/C12H17N5O2S2/c1-13-5-4-10-2-3-12(20-10)21(18,19)17-7-6-16-9-14-15-11(16)8-17/h2-3,9,13H,4-8H2,1H3.